The molecule has 0 aliphatic rings. The van der Waals surface area contributed by atoms with Crippen molar-refractivity contribution in [2.45, 2.75) is 25.4 Å². The van der Waals surface area contributed by atoms with Crippen LogP contribution in [-0.4, -0.2) is 35.0 Å². The van der Waals surface area contributed by atoms with Crippen molar-refractivity contribution in [3.63, 3.8) is 0 Å². The van der Waals surface area contributed by atoms with E-state index in [0.29, 0.717) is 0 Å². The summed E-state index contributed by atoms with van der Waals surface area (Å²) < 4.78 is 0. The monoisotopic (exact) mass is 203 g/mol. The molecule has 7 nitrogen and oxygen atoms in total. The Morgan fingerprint density at radius 3 is 2.29 bits per heavy atom. The third-order valence-corrected chi connectivity index (χ3v) is 1.49. The van der Waals surface area contributed by atoms with Gasteiger partial charge in [0.1, 0.15) is 6.04 Å². The number of hydrogen-bond donors (Lipinski definition) is 4. The maximum absolute atomic E-state index is 11.1. The summed E-state index contributed by atoms with van der Waals surface area (Å²) in [6.07, 6.45) is -0.307. The fourth-order valence-corrected chi connectivity index (χ4v) is 0.692. The summed E-state index contributed by atoms with van der Waals surface area (Å²) in [6, 6.07) is -2.14. The summed E-state index contributed by atoms with van der Waals surface area (Å²) in [5.74, 6) is -2.60. The van der Waals surface area contributed by atoms with Gasteiger partial charge in [0.25, 0.3) is 0 Å². The lowest BCUT2D eigenvalue weighted by atomic mass is 10.2. The molecule has 2 atom stereocenters. The van der Waals surface area contributed by atoms with Gasteiger partial charge in [-0.05, 0) is 6.92 Å². The average molecular weight is 203 g/mol. The van der Waals surface area contributed by atoms with Crippen molar-refractivity contribution < 1.29 is 19.5 Å². The van der Waals surface area contributed by atoms with E-state index in [1.165, 1.54) is 6.92 Å². The maximum Gasteiger partial charge on any atom is 0.325 e. The second kappa shape index (κ2) is 5.18. The molecule has 0 fully saturated rings. The van der Waals surface area contributed by atoms with Crippen LogP contribution in [0.4, 0.5) is 0 Å². The number of amides is 2. The Morgan fingerprint density at radius 2 is 1.93 bits per heavy atom. The Morgan fingerprint density at radius 1 is 1.43 bits per heavy atom. The Balaban J connectivity index is 4.07. The molecule has 80 valence electrons. The highest BCUT2D eigenvalue weighted by Crippen LogP contribution is 1.89. The standard InChI is InChI=1S/C7H13N3O4/c1-3(7(13)14)10-6(12)4(8)2-5(9)11/h3-4H,2,8H2,1H3,(H2,9,11)(H,10,12)(H,13,14)/t3-,4?/m1/s1. The van der Waals surface area contributed by atoms with Crippen LogP contribution in [0.2, 0.25) is 0 Å². The molecule has 0 spiro atoms. The predicted octanol–water partition coefficient (Wildman–Crippen LogP) is -2.22. The van der Waals surface area contributed by atoms with Crippen molar-refractivity contribution in [1.29, 1.82) is 0 Å². The van der Waals surface area contributed by atoms with Crippen LogP contribution < -0.4 is 16.8 Å². The Kier molecular flexibility index (Phi) is 4.57. The van der Waals surface area contributed by atoms with Crippen LogP contribution >= 0.6 is 0 Å². The van der Waals surface area contributed by atoms with Crippen LogP contribution in [0.25, 0.3) is 0 Å². The third-order valence-electron chi connectivity index (χ3n) is 1.49. The Labute approximate surface area is 80.4 Å². The van der Waals surface area contributed by atoms with Crippen molar-refractivity contribution in [3.05, 3.63) is 0 Å². The van der Waals surface area contributed by atoms with Gasteiger partial charge in [-0.2, -0.15) is 0 Å². The zero-order valence-electron chi connectivity index (χ0n) is 7.69. The van der Waals surface area contributed by atoms with Crippen LogP contribution in [0.5, 0.6) is 0 Å². The van der Waals surface area contributed by atoms with Crippen molar-refractivity contribution >= 4 is 17.8 Å². The minimum absolute atomic E-state index is 0.307. The minimum atomic E-state index is -1.18. The van der Waals surface area contributed by atoms with E-state index in [1.54, 1.807) is 0 Å². The number of carboxylic acids is 1. The number of hydrogen-bond acceptors (Lipinski definition) is 4. The summed E-state index contributed by atoms with van der Waals surface area (Å²) in [4.78, 5) is 31.8. The number of primary amides is 1. The molecule has 2 amide bonds. The third kappa shape index (κ3) is 4.41. The summed E-state index contributed by atoms with van der Waals surface area (Å²) in [5.41, 5.74) is 10.1. The lowest BCUT2D eigenvalue weighted by Crippen LogP contribution is -2.48. The number of nitrogens with one attached hydrogen (secondary N) is 1. The molecule has 0 saturated heterocycles. The van der Waals surface area contributed by atoms with E-state index < -0.39 is 29.9 Å². The SMILES string of the molecule is C[C@@H](NC(=O)C(N)CC(N)=O)C(=O)O. The summed E-state index contributed by atoms with van der Waals surface area (Å²) in [6.45, 7) is 1.29. The molecule has 0 saturated carbocycles. The topological polar surface area (TPSA) is 136 Å². The molecular weight excluding hydrogens is 190 g/mol. The normalized spacial score (nSPS) is 14.1. The lowest BCUT2D eigenvalue weighted by molar-refractivity contribution is -0.141. The summed E-state index contributed by atoms with van der Waals surface area (Å²) >= 11 is 0. The molecule has 0 aliphatic heterocycles. The second-order valence-corrected chi connectivity index (χ2v) is 2.85. The molecule has 0 heterocycles. The molecule has 0 radical (unpaired) electrons. The number of rotatable bonds is 5. The van der Waals surface area contributed by atoms with Gasteiger partial charge in [-0.1, -0.05) is 0 Å². The Hall–Kier alpha value is -1.63. The maximum atomic E-state index is 11.1. The van der Waals surface area contributed by atoms with Gasteiger partial charge in [-0.15, -0.1) is 0 Å². The van der Waals surface area contributed by atoms with E-state index in [2.05, 4.69) is 5.32 Å². The molecule has 0 aromatic rings. The molecule has 14 heavy (non-hydrogen) atoms. The Bertz CT molecular complexity index is 253. The summed E-state index contributed by atoms with van der Waals surface area (Å²) in [7, 11) is 0. The number of carbonyl (C=O) groups excluding carboxylic acids is 2. The van der Waals surface area contributed by atoms with Gasteiger partial charge in [-0.3, -0.25) is 14.4 Å². The molecule has 6 N–H and O–H groups in total. The first-order valence-corrected chi connectivity index (χ1v) is 3.91. The molecule has 0 aromatic heterocycles. The predicted molar refractivity (Wildman–Crippen MR) is 47.0 cm³/mol. The quantitative estimate of drug-likeness (QED) is 0.401. The highest BCUT2D eigenvalue weighted by molar-refractivity contribution is 5.90. The van der Waals surface area contributed by atoms with Crippen LogP contribution in [0, 0.1) is 0 Å². The van der Waals surface area contributed by atoms with E-state index in [0.717, 1.165) is 0 Å². The van der Waals surface area contributed by atoms with Crippen molar-refractivity contribution in [3.8, 4) is 0 Å². The fourth-order valence-electron chi connectivity index (χ4n) is 0.692. The average Bonchev–Trinajstić information content (AvgIpc) is 2.02. The zero-order chi connectivity index (χ0) is 11.3. The fraction of sp³-hybridized carbons (Fsp3) is 0.571. The number of carboxylic acid groups (broad SMARTS) is 1. The van der Waals surface area contributed by atoms with Gasteiger partial charge in [0, 0.05) is 0 Å². The molecule has 0 aliphatic carbocycles. The number of nitrogens with two attached hydrogens (primary N) is 2. The van der Waals surface area contributed by atoms with Crippen LogP contribution in [0.1, 0.15) is 13.3 Å². The van der Waals surface area contributed by atoms with Crippen molar-refractivity contribution in [2.24, 2.45) is 11.5 Å². The minimum Gasteiger partial charge on any atom is -0.480 e. The zero-order valence-corrected chi connectivity index (χ0v) is 7.69. The van der Waals surface area contributed by atoms with Crippen molar-refractivity contribution in [1.82, 2.24) is 5.32 Å². The smallest absolute Gasteiger partial charge is 0.325 e. The largest absolute Gasteiger partial charge is 0.480 e. The van der Waals surface area contributed by atoms with Gasteiger partial charge in [0.05, 0.1) is 12.5 Å². The van der Waals surface area contributed by atoms with E-state index >= 15 is 0 Å². The first-order chi connectivity index (χ1) is 6.34. The molecule has 7 heteroatoms. The van der Waals surface area contributed by atoms with Crippen LogP contribution in [-0.2, 0) is 14.4 Å². The lowest BCUT2D eigenvalue weighted by Gasteiger charge is -2.13. The van der Waals surface area contributed by atoms with E-state index in [4.69, 9.17) is 16.6 Å². The van der Waals surface area contributed by atoms with Gasteiger partial charge in [0.2, 0.25) is 11.8 Å². The van der Waals surface area contributed by atoms with Crippen molar-refractivity contribution in [2.75, 3.05) is 0 Å². The van der Waals surface area contributed by atoms with Crippen LogP contribution in [0.3, 0.4) is 0 Å². The van der Waals surface area contributed by atoms with E-state index in [1.807, 2.05) is 0 Å². The van der Waals surface area contributed by atoms with E-state index in [-0.39, 0.29) is 6.42 Å². The number of aliphatic carboxylic acids is 1. The van der Waals surface area contributed by atoms with Gasteiger partial charge >= 0.3 is 5.97 Å². The van der Waals surface area contributed by atoms with Gasteiger partial charge in [0.15, 0.2) is 0 Å². The highest BCUT2D eigenvalue weighted by atomic mass is 16.4. The molecule has 0 bridgehead atoms. The van der Waals surface area contributed by atoms with Crippen LogP contribution in [0.15, 0.2) is 0 Å². The molecule has 0 rings (SSSR count). The van der Waals surface area contributed by atoms with Gasteiger partial charge < -0.3 is 21.9 Å². The molecule has 1 unspecified atom stereocenters. The van der Waals surface area contributed by atoms with Gasteiger partial charge in [-0.25, -0.2) is 0 Å². The molecular formula is C7H13N3O4. The summed E-state index contributed by atoms with van der Waals surface area (Å²) in [5, 5.41) is 10.6. The molecule has 0 aromatic carbocycles. The highest BCUT2D eigenvalue weighted by Gasteiger charge is 2.20. The number of carbonyl (C=O) groups is 3. The van der Waals surface area contributed by atoms with E-state index in [9.17, 15) is 14.4 Å². The first-order valence-electron chi connectivity index (χ1n) is 3.91. The second-order valence-electron chi connectivity index (χ2n) is 2.85. The first kappa shape index (κ1) is 12.4.